The quantitative estimate of drug-likeness (QED) is 0.423. The molecule has 16 heavy (non-hydrogen) atoms. The Hall–Kier alpha value is -1.78. The van der Waals surface area contributed by atoms with Gasteiger partial charge in [-0.3, -0.25) is 0 Å². The first kappa shape index (κ1) is 14.2. The molecule has 0 aliphatic heterocycles. The number of anilines is 1. The normalized spacial score (nSPS) is 9.81. The summed E-state index contributed by atoms with van der Waals surface area (Å²) in [5.41, 5.74) is 1.67. The van der Waals surface area contributed by atoms with E-state index >= 15 is 0 Å². The van der Waals surface area contributed by atoms with Crippen molar-refractivity contribution >= 4 is 18.6 Å². The molecule has 1 aromatic rings. The summed E-state index contributed by atoms with van der Waals surface area (Å²) in [6.07, 6.45) is 0. The lowest BCUT2D eigenvalue weighted by Gasteiger charge is -2.09. The molecule has 0 saturated carbocycles. The third-order valence-electron chi connectivity index (χ3n) is 1.48. The molecule has 0 amide bonds. The van der Waals surface area contributed by atoms with Crippen LogP contribution in [0.25, 0.3) is 4.98 Å². The number of halogens is 4. The van der Waals surface area contributed by atoms with Crippen molar-refractivity contribution in [2.45, 2.75) is 0 Å². The van der Waals surface area contributed by atoms with Gasteiger partial charge in [0.2, 0.25) is 5.39 Å². The second-order valence-electron chi connectivity index (χ2n) is 3.01. The summed E-state index contributed by atoms with van der Waals surface area (Å²) in [7, 11) is -2.07. The van der Waals surface area contributed by atoms with Gasteiger partial charge in [-0.2, -0.15) is 0 Å². The Morgan fingerprint density at radius 1 is 1.06 bits per heavy atom. The van der Waals surface area contributed by atoms with Gasteiger partial charge in [-0.1, -0.05) is 0 Å². The van der Waals surface area contributed by atoms with Gasteiger partial charge in [0.15, 0.2) is 4.98 Å². The lowest BCUT2D eigenvalue weighted by atomic mass is 10.3. The predicted molar refractivity (Wildman–Crippen MR) is 55.7 cm³/mol. The third-order valence-corrected chi connectivity index (χ3v) is 1.48. The molecular weight excluding hydrogens is 225 g/mol. The molecular formula is C8H10BF4N3. The van der Waals surface area contributed by atoms with Crippen LogP contribution in [-0.4, -0.2) is 21.3 Å². The molecule has 0 atom stereocenters. The summed E-state index contributed by atoms with van der Waals surface area (Å²) in [5, 5.41) is 8.38. The van der Waals surface area contributed by atoms with Crippen LogP contribution in [0.15, 0.2) is 24.3 Å². The summed E-state index contributed by atoms with van der Waals surface area (Å²) >= 11 is 0. The number of diazo groups is 1. The minimum absolute atomic E-state index is 0.579. The van der Waals surface area contributed by atoms with Crippen molar-refractivity contribution in [1.82, 2.24) is 0 Å². The van der Waals surface area contributed by atoms with Crippen molar-refractivity contribution in [3.05, 3.63) is 29.2 Å². The fourth-order valence-electron chi connectivity index (χ4n) is 0.817. The van der Waals surface area contributed by atoms with Crippen LogP contribution in [-0.2, 0) is 0 Å². The molecule has 0 bridgehead atoms. The Kier molecular flexibility index (Phi) is 5.29. The SMILES string of the molecule is CN(C)c1ccc([N+]#N)cc1.F[B-](F)(F)F. The summed E-state index contributed by atoms with van der Waals surface area (Å²) < 4.78 is 39.0. The van der Waals surface area contributed by atoms with Gasteiger partial charge in [-0.25, -0.2) is 0 Å². The van der Waals surface area contributed by atoms with E-state index < -0.39 is 7.25 Å². The molecule has 0 heterocycles. The Labute approximate surface area is 90.4 Å². The Morgan fingerprint density at radius 3 is 1.69 bits per heavy atom. The molecule has 0 aliphatic carbocycles. The van der Waals surface area contributed by atoms with Crippen molar-refractivity contribution in [2.75, 3.05) is 19.0 Å². The van der Waals surface area contributed by atoms with E-state index in [0.29, 0.717) is 5.69 Å². The highest BCUT2D eigenvalue weighted by Crippen LogP contribution is 2.17. The second-order valence-corrected chi connectivity index (χ2v) is 3.01. The largest absolute Gasteiger partial charge is 0.673 e. The number of hydrogen-bond acceptors (Lipinski definition) is 2. The van der Waals surface area contributed by atoms with Gasteiger partial charge in [-0.05, 0) is 12.1 Å². The first-order chi connectivity index (χ1) is 7.24. The molecule has 0 unspecified atom stereocenters. The van der Waals surface area contributed by atoms with Crippen LogP contribution in [0.5, 0.6) is 0 Å². The van der Waals surface area contributed by atoms with Crippen LogP contribution in [0.1, 0.15) is 0 Å². The zero-order valence-electron chi connectivity index (χ0n) is 8.74. The fourth-order valence-corrected chi connectivity index (χ4v) is 0.817. The monoisotopic (exact) mass is 235 g/mol. The van der Waals surface area contributed by atoms with Crippen molar-refractivity contribution in [1.29, 1.82) is 5.39 Å². The average Bonchev–Trinajstić information content (AvgIpc) is 2.15. The van der Waals surface area contributed by atoms with Gasteiger partial charge < -0.3 is 22.2 Å². The average molecular weight is 235 g/mol. The molecule has 88 valence electrons. The molecule has 1 aromatic carbocycles. The van der Waals surface area contributed by atoms with Crippen LogP contribution in [0.2, 0.25) is 0 Å². The first-order valence-electron chi connectivity index (χ1n) is 4.24. The highest BCUT2D eigenvalue weighted by Gasteiger charge is 2.20. The first-order valence-corrected chi connectivity index (χ1v) is 4.24. The van der Waals surface area contributed by atoms with Crippen molar-refractivity contribution in [3.63, 3.8) is 0 Å². The summed E-state index contributed by atoms with van der Waals surface area (Å²) in [5.74, 6) is 0. The number of nitrogens with zero attached hydrogens (tertiary/aromatic N) is 3. The smallest absolute Gasteiger partial charge is 0.418 e. The van der Waals surface area contributed by atoms with Gasteiger partial charge in [0.1, 0.15) is 0 Å². The fraction of sp³-hybridized carbons (Fsp3) is 0.250. The molecule has 3 nitrogen and oxygen atoms in total. The van der Waals surface area contributed by atoms with Crippen LogP contribution in [0, 0.1) is 5.39 Å². The maximum Gasteiger partial charge on any atom is 0.673 e. The molecule has 1 rings (SSSR count). The molecule has 0 radical (unpaired) electrons. The van der Waals surface area contributed by atoms with Gasteiger partial charge in [-0.15, -0.1) is 0 Å². The predicted octanol–water partition coefficient (Wildman–Crippen LogP) is 3.54. The molecule has 0 aliphatic rings. The standard InChI is InChI=1S/C8H10N3.BF4/c1-11(2)8-5-3-7(10-9)4-6-8;2-1(3,4)5/h3-6H,1-2H3;/q+1;-1. The minimum Gasteiger partial charge on any atom is -0.418 e. The Balaban J connectivity index is 0.000000385. The van der Waals surface area contributed by atoms with Gasteiger partial charge in [0, 0.05) is 31.9 Å². The van der Waals surface area contributed by atoms with E-state index in [1.807, 2.05) is 31.1 Å². The van der Waals surface area contributed by atoms with Gasteiger partial charge >= 0.3 is 12.9 Å². The van der Waals surface area contributed by atoms with E-state index in [1.165, 1.54) is 0 Å². The van der Waals surface area contributed by atoms with Crippen LogP contribution >= 0.6 is 0 Å². The lowest BCUT2D eigenvalue weighted by Crippen LogP contribution is -2.07. The zero-order chi connectivity index (χ0) is 12.8. The van der Waals surface area contributed by atoms with E-state index in [9.17, 15) is 17.3 Å². The van der Waals surface area contributed by atoms with Crippen LogP contribution in [0.4, 0.5) is 28.6 Å². The number of benzene rings is 1. The molecule has 0 fully saturated rings. The number of rotatable bonds is 1. The summed E-state index contributed by atoms with van der Waals surface area (Å²) in [6, 6.07) is 7.31. The highest BCUT2D eigenvalue weighted by molar-refractivity contribution is 6.50. The topological polar surface area (TPSA) is 31.4 Å². The van der Waals surface area contributed by atoms with Crippen molar-refractivity contribution < 1.29 is 17.3 Å². The van der Waals surface area contributed by atoms with Crippen molar-refractivity contribution in [3.8, 4) is 0 Å². The molecule has 0 spiro atoms. The third kappa shape index (κ3) is 7.61. The van der Waals surface area contributed by atoms with Crippen molar-refractivity contribution in [2.24, 2.45) is 0 Å². The van der Waals surface area contributed by atoms with E-state index in [1.54, 1.807) is 12.1 Å². The second kappa shape index (κ2) is 5.95. The van der Waals surface area contributed by atoms with E-state index in [2.05, 4.69) is 4.98 Å². The number of hydrogen-bond donors (Lipinski definition) is 0. The molecule has 8 heteroatoms. The van der Waals surface area contributed by atoms with Gasteiger partial charge in [0.05, 0.1) is 0 Å². The maximum absolute atomic E-state index is 9.75. The molecule has 0 N–H and O–H groups in total. The van der Waals surface area contributed by atoms with Crippen LogP contribution in [0.3, 0.4) is 0 Å². The Morgan fingerprint density at radius 2 is 1.44 bits per heavy atom. The summed E-state index contributed by atoms with van der Waals surface area (Å²) in [6.45, 7) is 0. The van der Waals surface area contributed by atoms with E-state index in [0.717, 1.165) is 5.69 Å². The molecule has 0 saturated heterocycles. The lowest BCUT2D eigenvalue weighted by molar-refractivity contribution is 0.368. The van der Waals surface area contributed by atoms with Gasteiger partial charge in [0.25, 0.3) is 0 Å². The van der Waals surface area contributed by atoms with Crippen LogP contribution < -0.4 is 4.90 Å². The molecule has 0 aromatic heterocycles. The van der Waals surface area contributed by atoms with E-state index in [-0.39, 0.29) is 0 Å². The highest BCUT2D eigenvalue weighted by atomic mass is 19.5. The zero-order valence-corrected chi connectivity index (χ0v) is 8.74. The maximum atomic E-state index is 9.75. The minimum atomic E-state index is -6.00. The van der Waals surface area contributed by atoms with E-state index in [4.69, 9.17) is 5.39 Å². The summed E-state index contributed by atoms with van der Waals surface area (Å²) in [4.78, 5) is 5.04. The Bertz CT molecular complexity index is 349.